The third kappa shape index (κ3) is 12.6. The molecule has 0 aliphatic heterocycles. The first kappa shape index (κ1) is 20.2. The standard InChI is InChI=1S/C15H24OSe.C2H4O2/c1-3-4-5-9-12-15(13(2)16)17-14-10-7-6-8-11-14;1-2(3)4/h6-8,10-11,13,15-16H,3-5,9,12H2,1-2H3;1H3,(H,3,4). The first-order valence-corrected chi connectivity index (χ1v) is 9.41. The van der Waals surface area contributed by atoms with Gasteiger partial charge >= 0.3 is 112 Å². The fraction of sp³-hybridized carbons (Fsp3) is 0.588. The number of carbonyl (C=O) groups is 1. The van der Waals surface area contributed by atoms with Crippen LogP contribution in [-0.4, -0.2) is 37.2 Å². The topological polar surface area (TPSA) is 57.5 Å². The second kappa shape index (κ2) is 12.9. The van der Waals surface area contributed by atoms with Crippen molar-refractivity contribution in [2.75, 3.05) is 0 Å². The summed E-state index contributed by atoms with van der Waals surface area (Å²) >= 11 is 0.404. The predicted octanol–water partition coefficient (Wildman–Crippen LogP) is 3.25. The molecule has 0 amide bonds. The van der Waals surface area contributed by atoms with Crippen molar-refractivity contribution in [1.29, 1.82) is 0 Å². The number of aliphatic hydroxyl groups is 1. The quantitative estimate of drug-likeness (QED) is 0.553. The predicted molar refractivity (Wildman–Crippen MR) is 89.3 cm³/mol. The molecule has 0 bridgehead atoms. The number of unbranched alkanes of at least 4 members (excludes halogenated alkanes) is 3. The van der Waals surface area contributed by atoms with Crippen molar-refractivity contribution < 1.29 is 15.0 Å². The van der Waals surface area contributed by atoms with E-state index in [0.717, 1.165) is 6.92 Å². The molecule has 0 saturated heterocycles. The van der Waals surface area contributed by atoms with E-state index < -0.39 is 5.97 Å². The van der Waals surface area contributed by atoms with Gasteiger partial charge in [-0.1, -0.05) is 0 Å². The van der Waals surface area contributed by atoms with Crippen LogP contribution >= 0.6 is 0 Å². The number of carboxylic acids is 1. The van der Waals surface area contributed by atoms with Crippen molar-refractivity contribution in [3.8, 4) is 0 Å². The van der Waals surface area contributed by atoms with Crippen LogP contribution < -0.4 is 4.46 Å². The zero-order valence-electron chi connectivity index (χ0n) is 13.3. The van der Waals surface area contributed by atoms with Crippen LogP contribution in [0.1, 0.15) is 52.9 Å². The number of benzene rings is 1. The Bertz CT molecular complexity index is 362. The summed E-state index contributed by atoms with van der Waals surface area (Å²) in [5.74, 6) is -0.833. The van der Waals surface area contributed by atoms with Gasteiger partial charge in [0.05, 0.1) is 0 Å². The molecule has 1 aromatic carbocycles. The fourth-order valence-electron chi connectivity index (χ4n) is 1.84. The molecule has 0 saturated carbocycles. The molecule has 0 aromatic heterocycles. The van der Waals surface area contributed by atoms with Gasteiger partial charge in [0.1, 0.15) is 0 Å². The Morgan fingerprint density at radius 1 is 1.19 bits per heavy atom. The number of aliphatic hydroxyl groups excluding tert-OH is 1. The Morgan fingerprint density at radius 3 is 2.24 bits per heavy atom. The summed E-state index contributed by atoms with van der Waals surface area (Å²) in [6, 6.07) is 10.6. The Balaban J connectivity index is 0.000000885. The average Bonchev–Trinajstić information content (AvgIpc) is 2.42. The van der Waals surface area contributed by atoms with E-state index in [9.17, 15) is 5.11 Å². The first-order valence-electron chi connectivity index (χ1n) is 7.56. The van der Waals surface area contributed by atoms with Gasteiger partial charge in [-0.25, -0.2) is 0 Å². The van der Waals surface area contributed by atoms with E-state index in [2.05, 4.69) is 37.3 Å². The number of aliphatic carboxylic acids is 1. The molecule has 0 spiro atoms. The van der Waals surface area contributed by atoms with E-state index in [1.807, 2.05) is 6.92 Å². The van der Waals surface area contributed by atoms with E-state index in [1.54, 1.807) is 0 Å². The Hall–Kier alpha value is -0.831. The van der Waals surface area contributed by atoms with Crippen molar-refractivity contribution >= 4 is 25.4 Å². The summed E-state index contributed by atoms with van der Waals surface area (Å²) in [7, 11) is 0. The van der Waals surface area contributed by atoms with E-state index in [4.69, 9.17) is 9.90 Å². The normalized spacial score (nSPS) is 13.0. The van der Waals surface area contributed by atoms with Gasteiger partial charge in [0, 0.05) is 6.92 Å². The van der Waals surface area contributed by atoms with Gasteiger partial charge < -0.3 is 5.11 Å². The van der Waals surface area contributed by atoms with Crippen molar-refractivity contribution in [3.05, 3.63) is 30.3 Å². The van der Waals surface area contributed by atoms with E-state index in [1.165, 1.54) is 36.6 Å². The summed E-state index contributed by atoms with van der Waals surface area (Å²) in [5.41, 5.74) is 0. The first-order chi connectivity index (χ1) is 9.97. The molecule has 2 unspecified atom stereocenters. The Morgan fingerprint density at radius 2 is 1.76 bits per heavy atom. The molecule has 1 rings (SSSR count). The monoisotopic (exact) mass is 360 g/mol. The van der Waals surface area contributed by atoms with Crippen molar-refractivity contribution in [2.24, 2.45) is 0 Å². The van der Waals surface area contributed by atoms with Gasteiger partial charge in [0.25, 0.3) is 5.97 Å². The molecule has 0 heterocycles. The van der Waals surface area contributed by atoms with Gasteiger partial charge in [0.2, 0.25) is 0 Å². The second-order valence-electron chi connectivity index (χ2n) is 5.08. The third-order valence-electron chi connectivity index (χ3n) is 2.91. The van der Waals surface area contributed by atoms with E-state index in [0.29, 0.717) is 19.8 Å². The Kier molecular flexibility index (Phi) is 12.4. The molecule has 2 atom stereocenters. The molecular weight excluding hydrogens is 331 g/mol. The molecule has 120 valence electrons. The summed E-state index contributed by atoms with van der Waals surface area (Å²) in [4.78, 5) is 9.47. The van der Waals surface area contributed by atoms with Crippen LogP contribution in [0.5, 0.6) is 0 Å². The van der Waals surface area contributed by atoms with Crippen LogP contribution in [0.3, 0.4) is 0 Å². The van der Waals surface area contributed by atoms with Gasteiger partial charge in [-0.05, 0) is 0 Å². The van der Waals surface area contributed by atoms with Crippen LogP contribution in [0.25, 0.3) is 0 Å². The maximum atomic E-state index is 9.85. The van der Waals surface area contributed by atoms with Crippen molar-refractivity contribution in [3.63, 3.8) is 0 Å². The van der Waals surface area contributed by atoms with E-state index in [-0.39, 0.29) is 6.10 Å². The summed E-state index contributed by atoms with van der Waals surface area (Å²) < 4.78 is 1.40. The van der Waals surface area contributed by atoms with E-state index >= 15 is 0 Å². The minimum atomic E-state index is -0.833. The van der Waals surface area contributed by atoms with Crippen LogP contribution in [0, 0.1) is 0 Å². The fourth-order valence-corrected chi connectivity index (χ4v) is 4.25. The molecule has 2 N–H and O–H groups in total. The summed E-state index contributed by atoms with van der Waals surface area (Å²) in [6.45, 7) is 5.26. The van der Waals surface area contributed by atoms with Crippen LogP contribution in [-0.2, 0) is 4.79 Å². The SMILES string of the molecule is CC(=O)O.CCCCCCC([Se]c1ccccc1)C(C)O. The third-order valence-corrected chi connectivity index (χ3v) is 6.01. The molecule has 0 radical (unpaired) electrons. The number of hydrogen-bond acceptors (Lipinski definition) is 2. The van der Waals surface area contributed by atoms with Crippen molar-refractivity contribution in [2.45, 2.75) is 63.8 Å². The minimum absolute atomic E-state index is 0.170. The molecule has 0 aliphatic carbocycles. The Labute approximate surface area is 134 Å². The van der Waals surface area contributed by atoms with Gasteiger partial charge in [-0.2, -0.15) is 0 Å². The maximum absolute atomic E-state index is 9.85. The molecule has 4 heteroatoms. The zero-order chi connectivity index (χ0) is 16.1. The summed E-state index contributed by atoms with van der Waals surface area (Å²) in [6.07, 6.45) is 6.18. The number of hydrogen-bond donors (Lipinski definition) is 2. The van der Waals surface area contributed by atoms with Gasteiger partial charge in [0.15, 0.2) is 0 Å². The number of rotatable bonds is 8. The molecule has 0 aliphatic rings. The van der Waals surface area contributed by atoms with Crippen LogP contribution in [0.4, 0.5) is 0 Å². The number of carboxylic acid groups (broad SMARTS) is 1. The molecule has 21 heavy (non-hydrogen) atoms. The molecule has 1 aromatic rings. The summed E-state index contributed by atoms with van der Waals surface area (Å²) in [5, 5.41) is 17.3. The average molecular weight is 359 g/mol. The van der Waals surface area contributed by atoms with Crippen LogP contribution in [0.2, 0.25) is 4.82 Å². The molecule has 0 fully saturated rings. The van der Waals surface area contributed by atoms with Crippen LogP contribution in [0.15, 0.2) is 30.3 Å². The molecule has 3 nitrogen and oxygen atoms in total. The van der Waals surface area contributed by atoms with Gasteiger partial charge in [-0.15, -0.1) is 0 Å². The zero-order valence-corrected chi connectivity index (χ0v) is 15.0. The molecular formula is C17H28O3Se. The van der Waals surface area contributed by atoms with Crippen molar-refractivity contribution in [1.82, 2.24) is 0 Å². The van der Waals surface area contributed by atoms with Gasteiger partial charge in [-0.3, -0.25) is 4.79 Å². The second-order valence-corrected chi connectivity index (χ2v) is 7.83.